The molecule has 0 bridgehead atoms. The molecule has 1 heterocycles. The summed E-state index contributed by atoms with van der Waals surface area (Å²) in [7, 11) is 0. The maximum Gasteiger partial charge on any atom is 0.471 e. The quantitative estimate of drug-likeness (QED) is 0.866. The number of halogens is 4. The lowest BCUT2D eigenvalue weighted by Gasteiger charge is -2.04. The third kappa shape index (κ3) is 2.51. The number of rotatable bonds is 2. The molecule has 0 fully saturated rings. The average Bonchev–Trinajstić information content (AvgIpc) is 2.46. The smallest absolute Gasteiger partial charge is 0.471 e. The van der Waals surface area contributed by atoms with Crippen LogP contribution in [0.4, 0.5) is 19.1 Å². The molecule has 0 spiro atoms. The number of carboxylic acids is 1. The lowest BCUT2D eigenvalue weighted by Crippen LogP contribution is -2.29. The van der Waals surface area contributed by atoms with Gasteiger partial charge in [-0.15, -0.1) is 0 Å². The van der Waals surface area contributed by atoms with Crippen molar-refractivity contribution in [2.24, 2.45) is 0 Å². The lowest BCUT2D eigenvalue weighted by molar-refractivity contribution is -0.167. The zero-order valence-electron chi connectivity index (χ0n) is 7.13. The van der Waals surface area contributed by atoms with E-state index in [1.54, 1.807) is 0 Å². The Morgan fingerprint density at radius 1 is 1.44 bits per heavy atom. The summed E-state index contributed by atoms with van der Waals surface area (Å²) in [6.07, 6.45) is -5.10. The standard InChI is InChI=1S/C6H2BrF3N2O4/c7-1-2(4(13)14)12-16-3(1)11-5(15)6(8,9)10/h(H,11,15)(H,13,14). The number of carbonyl (C=O) groups is 2. The van der Waals surface area contributed by atoms with Crippen LogP contribution in [0.25, 0.3) is 0 Å². The maximum absolute atomic E-state index is 11.8. The third-order valence-corrected chi connectivity index (χ3v) is 2.06. The van der Waals surface area contributed by atoms with Crippen LogP contribution < -0.4 is 5.32 Å². The first-order valence-electron chi connectivity index (χ1n) is 3.50. The topological polar surface area (TPSA) is 92.4 Å². The number of aromatic carboxylic acids is 1. The van der Waals surface area contributed by atoms with Gasteiger partial charge in [-0.25, -0.2) is 4.79 Å². The van der Waals surface area contributed by atoms with Gasteiger partial charge in [0.15, 0.2) is 0 Å². The molecule has 0 saturated heterocycles. The number of aromatic nitrogens is 1. The van der Waals surface area contributed by atoms with Gasteiger partial charge < -0.3 is 9.63 Å². The van der Waals surface area contributed by atoms with Crippen LogP contribution in [-0.4, -0.2) is 28.3 Å². The Hall–Kier alpha value is -1.58. The summed E-state index contributed by atoms with van der Waals surface area (Å²) in [6.45, 7) is 0. The number of hydrogen-bond acceptors (Lipinski definition) is 4. The van der Waals surface area contributed by atoms with Crippen LogP contribution in [-0.2, 0) is 4.79 Å². The van der Waals surface area contributed by atoms with Gasteiger partial charge in [-0.1, -0.05) is 5.16 Å². The molecule has 88 valence electrons. The fraction of sp³-hybridized carbons (Fsp3) is 0.167. The SMILES string of the molecule is O=C(O)c1noc(NC(=O)C(F)(F)F)c1Br. The minimum atomic E-state index is -5.10. The molecule has 0 aliphatic carbocycles. The van der Waals surface area contributed by atoms with E-state index in [9.17, 15) is 22.8 Å². The number of hydrogen-bond donors (Lipinski definition) is 2. The van der Waals surface area contributed by atoms with Crippen molar-refractivity contribution in [1.29, 1.82) is 0 Å². The molecule has 0 aromatic carbocycles. The molecule has 10 heteroatoms. The number of carboxylic acid groups (broad SMARTS) is 1. The third-order valence-electron chi connectivity index (χ3n) is 1.32. The van der Waals surface area contributed by atoms with Crippen LogP contribution in [0.2, 0.25) is 0 Å². The Balaban J connectivity index is 2.92. The number of carbonyl (C=O) groups excluding carboxylic acids is 1. The van der Waals surface area contributed by atoms with E-state index in [1.807, 2.05) is 0 Å². The minimum Gasteiger partial charge on any atom is -0.476 e. The van der Waals surface area contributed by atoms with Crippen molar-refractivity contribution in [2.45, 2.75) is 6.18 Å². The highest BCUT2D eigenvalue weighted by Crippen LogP contribution is 2.28. The zero-order chi connectivity index (χ0) is 12.5. The second kappa shape index (κ2) is 4.12. The molecule has 6 nitrogen and oxygen atoms in total. The van der Waals surface area contributed by atoms with Crippen molar-refractivity contribution in [3.05, 3.63) is 10.2 Å². The molecule has 0 aliphatic heterocycles. The molecule has 0 aliphatic rings. The second-order valence-corrected chi connectivity index (χ2v) is 3.22. The molecule has 1 aromatic rings. The Morgan fingerprint density at radius 3 is 2.38 bits per heavy atom. The zero-order valence-corrected chi connectivity index (χ0v) is 8.72. The molecule has 0 saturated carbocycles. The molecule has 0 unspecified atom stereocenters. The van der Waals surface area contributed by atoms with Crippen molar-refractivity contribution < 1.29 is 32.4 Å². The molecule has 1 aromatic heterocycles. The molecule has 2 N–H and O–H groups in total. The molecular formula is C6H2BrF3N2O4. The van der Waals surface area contributed by atoms with E-state index in [1.165, 1.54) is 5.32 Å². The molecule has 0 radical (unpaired) electrons. The van der Waals surface area contributed by atoms with E-state index in [0.29, 0.717) is 0 Å². The first-order chi connectivity index (χ1) is 7.23. The van der Waals surface area contributed by atoms with E-state index in [2.05, 4.69) is 25.6 Å². The highest BCUT2D eigenvalue weighted by Gasteiger charge is 2.40. The van der Waals surface area contributed by atoms with Crippen LogP contribution in [0.5, 0.6) is 0 Å². The number of anilines is 1. The van der Waals surface area contributed by atoms with E-state index in [-0.39, 0.29) is 4.47 Å². The average molecular weight is 303 g/mol. The fourth-order valence-electron chi connectivity index (χ4n) is 0.664. The molecular weight excluding hydrogens is 301 g/mol. The Bertz CT molecular complexity index is 441. The van der Waals surface area contributed by atoms with Crippen LogP contribution in [0, 0.1) is 0 Å². The van der Waals surface area contributed by atoms with Gasteiger partial charge in [-0.2, -0.15) is 13.2 Å². The summed E-state index contributed by atoms with van der Waals surface area (Å²) in [5.74, 6) is -4.52. The van der Waals surface area contributed by atoms with Gasteiger partial charge >= 0.3 is 18.1 Å². The highest BCUT2D eigenvalue weighted by atomic mass is 79.9. The van der Waals surface area contributed by atoms with Crippen molar-refractivity contribution >= 4 is 33.7 Å². The largest absolute Gasteiger partial charge is 0.476 e. The monoisotopic (exact) mass is 302 g/mol. The summed E-state index contributed by atoms with van der Waals surface area (Å²) in [5.41, 5.74) is -0.641. The van der Waals surface area contributed by atoms with E-state index >= 15 is 0 Å². The first-order valence-corrected chi connectivity index (χ1v) is 4.29. The van der Waals surface area contributed by atoms with Crippen LogP contribution in [0.1, 0.15) is 10.5 Å². The Kier molecular flexibility index (Phi) is 3.21. The molecule has 1 amide bonds. The summed E-state index contributed by atoms with van der Waals surface area (Å²) in [6, 6.07) is 0. The molecule has 16 heavy (non-hydrogen) atoms. The summed E-state index contributed by atoms with van der Waals surface area (Å²) >= 11 is 2.63. The van der Waals surface area contributed by atoms with Crippen molar-refractivity contribution in [2.75, 3.05) is 5.32 Å². The minimum absolute atomic E-state index is 0.377. The summed E-state index contributed by atoms with van der Waals surface area (Å²) < 4.78 is 39.3. The van der Waals surface area contributed by atoms with Crippen molar-refractivity contribution in [3.8, 4) is 0 Å². The van der Waals surface area contributed by atoms with Gasteiger partial charge in [0.25, 0.3) is 0 Å². The maximum atomic E-state index is 11.8. The van der Waals surface area contributed by atoms with Gasteiger partial charge in [-0.3, -0.25) is 10.1 Å². The Morgan fingerprint density at radius 2 is 2.00 bits per heavy atom. The van der Waals surface area contributed by atoms with Crippen LogP contribution >= 0.6 is 15.9 Å². The number of nitrogens with zero attached hydrogens (tertiary/aromatic N) is 1. The number of alkyl halides is 3. The molecule has 1 rings (SSSR count). The van der Waals surface area contributed by atoms with Crippen molar-refractivity contribution in [3.63, 3.8) is 0 Å². The summed E-state index contributed by atoms with van der Waals surface area (Å²) in [5, 5.41) is 12.8. The fourth-order valence-corrected chi connectivity index (χ4v) is 1.08. The first kappa shape index (κ1) is 12.5. The van der Waals surface area contributed by atoms with Gasteiger partial charge in [0.1, 0.15) is 4.47 Å². The van der Waals surface area contributed by atoms with E-state index in [0.717, 1.165) is 0 Å². The normalized spacial score (nSPS) is 11.2. The highest BCUT2D eigenvalue weighted by molar-refractivity contribution is 9.10. The van der Waals surface area contributed by atoms with E-state index in [4.69, 9.17) is 5.11 Å². The Labute approximate surface area is 93.5 Å². The second-order valence-electron chi connectivity index (χ2n) is 2.43. The van der Waals surface area contributed by atoms with Gasteiger partial charge in [0.2, 0.25) is 11.6 Å². The van der Waals surface area contributed by atoms with Gasteiger partial charge in [0.05, 0.1) is 0 Å². The predicted octanol–water partition coefficient (Wildman–Crippen LogP) is 1.64. The van der Waals surface area contributed by atoms with Gasteiger partial charge in [-0.05, 0) is 15.9 Å². The van der Waals surface area contributed by atoms with Crippen molar-refractivity contribution in [1.82, 2.24) is 5.16 Å². The summed E-state index contributed by atoms with van der Waals surface area (Å²) in [4.78, 5) is 20.9. The van der Waals surface area contributed by atoms with Crippen LogP contribution in [0.3, 0.4) is 0 Å². The lowest BCUT2D eigenvalue weighted by atomic mass is 10.4. The number of nitrogens with one attached hydrogen (secondary N) is 1. The number of amides is 1. The molecule has 0 atom stereocenters. The van der Waals surface area contributed by atoms with E-state index < -0.39 is 29.6 Å². The predicted molar refractivity (Wildman–Crippen MR) is 45.8 cm³/mol. The van der Waals surface area contributed by atoms with Crippen LogP contribution in [0.15, 0.2) is 9.00 Å². The van der Waals surface area contributed by atoms with Gasteiger partial charge in [0, 0.05) is 0 Å².